The lowest BCUT2D eigenvalue weighted by Crippen LogP contribution is -2.43. The van der Waals surface area contributed by atoms with Crippen LogP contribution >= 0.6 is 0 Å². The number of halogens is 1. The van der Waals surface area contributed by atoms with Gasteiger partial charge in [0, 0.05) is 25.3 Å². The summed E-state index contributed by atoms with van der Waals surface area (Å²) in [6, 6.07) is 5.45. The van der Waals surface area contributed by atoms with E-state index in [1.807, 2.05) is 31.6 Å². The number of rotatable bonds is 6. The van der Waals surface area contributed by atoms with E-state index in [1.54, 1.807) is 19.1 Å². The van der Waals surface area contributed by atoms with Crippen molar-refractivity contribution in [1.29, 1.82) is 0 Å². The number of benzene rings is 1. The van der Waals surface area contributed by atoms with Gasteiger partial charge in [-0.1, -0.05) is 12.1 Å². The molecule has 2 rings (SSSR count). The normalized spacial score (nSPS) is 13.0. The lowest BCUT2D eigenvalue weighted by Gasteiger charge is -2.18. The van der Waals surface area contributed by atoms with Crippen LogP contribution in [0.15, 0.2) is 23.2 Å². The van der Waals surface area contributed by atoms with E-state index < -0.39 is 0 Å². The standard InChI is InChI=1S/C20H30FN5/c1-7-22-20(23-12-17-9-8-13(2)19(21)11-17)24-14(3)10-18-15(4)25-26(6)16(18)5/h8-9,11,14H,7,10,12H2,1-6H3,(H2,22,23,24). The topological polar surface area (TPSA) is 54.2 Å². The second-order valence-electron chi connectivity index (χ2n) is 6.80. The smallest absolute Gasteiger partial charge is 0.191 e. The third kappa shape index (κ3) is 5.07. The molecule has 0 spiro atoms. The predicted octanol–water partition coefficient (Wildman–Crippen LogP) is 3.17. The zero-order chi connectivity index (χ0) is 19.3. The molecule has 0 amide bonds. The number of aromatic nitrogens is 2. The first-order valence-corrected chi connectivity index (χ1v) is 9.10. The predicted molar refractivity (Wildman–Crippen MR) is 105 cm³/mol. The molecular formula is C20H30FN5. The summed E-state index contributed by atoms with van der Waals surface area (Å²) in [6.07, 6.45) is 0.870. The van der Waals surface area contributed by atoms with Gasteiger partial charge in [0.25, 0.3) is 0 Å². The second kappa shape index (κ2) is 8.83. The number of hydrogen-bond donors (Lipinski definition) is 2. The molecule has 1 atom stereocenters. The molecule has 142 valence electrons. The number of aliphatic imine (C=N–C) groups is 1. The first-order chi connectivity index (χ1) is 12.3. The Morgan fingerprint density at radius 3 is 2.62 bits per heavy atom. The monoisotopic (exact) mass is 359 g/mol. The molecule has 26 heavy (non-hydrogen) atoms. The van der Waals surface area contributed by atoms with Crippen molar-refractivity contribution < 1.29 is 4.39 Å². The van der Waals surface area contributed by atoms with Crippen LogP contribution in [0.1, 0.15) is 41.9 Å². The highest BCUT2D eigenvalue weighted by Crippen LogP contribution is 2.14. The number of nitrogens with zero attached hydrogens (tertiary/aromatic N) is 3. The third-order valence-corrected chi connectivity index (χ3v) is 4.55. The molecular weight excluding hydrogens is 329 g/mol. The fourth-order valence-corrected chi connectivity index (χ4v) is 2.93. The lowest BCUT2D eigenvalue weighted by atomic mass is 10.1. The Balaban J connectivity index is 2.05. The highest BCUT2D eigenvalue weighted by Gasteiger charge is 2.14. The van der Waals surface area contributed by atoms with Crippen LogP contribution < -0.4 is 10.6 Å². The van der Waals surface area contributed by atoms with Gasteiger partial charge in [-0.2, -0.15) is 5.10 Å². The zero-order valence-corrected chi connectivity index (χ0v) is 16.7. The second-order valence-corrected chi connectivity index (χ2v) is 6.80. The average molecular weight is 359 g/mol. The van der Waals surface area contributed by atoms with Gasteiger partial charge in [-0.3, -0.25) is 4.68 Å². The lowest BCUT2D eigenvalue weighted by molar-refractivity contribution is 0.615. The Kier molecular flexibility index (Phi) is 6.77. The largest absolute Gasteiger partial charge is 0.357 e. The van der Waals surface area contributed by atoms with E-state index in [9.17, 15) is 4.39 Å². The first-order valence-electron chi connectivity index (χ1n) is 9.10. The maximum absolute atomic E-state index is 13.7. The van der Waals surface area contributed by atoms with Crippen molar-refractivity contribution in [3.05, 3.63) is 52.1 Å². The van der Waals surface area contributed by atoms with Crippen LogP contribution in [-0.4, -0.2) is 28.3 Å². The number of aryl methyl sites for hydroxylation is 3. The molecule has 1 unspecified atom stereocenters. The highest BCUT2D eigenvalue weighted by molar-refractivity contribution is 5.80. The molecule has 0 fully saturated rings. The van der Waals surface area contributed by atoms with Crippen molar-refractivity contribution in [3.8, 4) is 0 Å². The zero-order valence-electron chi connectivity index (χ0n) is 16.7. The molecule has 2 N–H and O–H groups in total. The van der Waals surface area contributed by atoms with Crippen LogP contribution in [0.2, 0.25) is 0 Å². The van der Waals surface area contributed by atoms with E-state index in [1.165, 1.54) is 11.3 Å². The van der Waals surface area contributed by atoms with Gasteiger partial charge in [0.15, 0.2) is 5.96 Å². The van der Waals surface area contributed by atoms with Gasteiger partial charge in [-0.25, -0.2) is 9.38 Å². The molecule has 6 heteroatoms. The molecule has 0 radical (unpaired) electrons. The summed E-state index contributed by atoms with van der Waals surface area (Å²) < 4.78 is 15.6. The van der Waals surface area contributed by atoms with Crippen LogP contribution in [0.25, 0.3) is 0 Å². The molecule has 1 aromatic heterocycles. The first kappa shape index (κ1) is 19.9. The van der Waals surface area contributed by atoms with E-state index in [2.05, 4.69) is 34.6 Å². The molecule has 0 aliphatic rings. The molecule has 0 aliphatic heterocycles. The van der Waals surface area contributed by atoms with E-state index in [0.717, 1.165) is 30.2 Å². The summed E-state index contributed by atoms with van der Waals surface area (Å²) in [5, 5.41) is 11.2. The summed E-state index contributed by atoms with van der Waals surface area (Å²) in [7, 11) is 1.97. The molecule has 1 heterocycles. The summed E-state index contributed by atoms with van der Waals surface area (Å²) in [4.78, 5) is 4.59. The van der Waals surface area contributed by atoms with Crippen LogP contribution in [0.3, 0.4) is 0 Å². The Hall–Kier alpha value is -2.37. The van der Waals surface area contributed by atoms with E-state index in [4.69, 9.17) is 0 Å². The van der Waals surface area contributed by atoms with E-state index >= 15 is 0 Å². The van der Waals surface area contributed by atoms with E-state index in [-0.39, 0.29) is 11.9 Å². The summed E-state index contributed by atoms with van der Waals surface area (Å²) in [5.74, 6) is 0.548. The SMILES string of the molecule is CCNC(=NCc1ccc(C)c(F)c1)NC(C)Cc1c(C)nn(C)c1C. The van der Waals surface area contributed by atoms with Crippen molar-refractivity contribution in [1.82, 2.24) is 20.4 Å². The summed E-state index contributed by atoms with van der Waals surface area (Å²) in [6.45, 7) is 11.3. The van der Waals surface area contributed by atoms with Crippen molar-refractivity contribution in [2.45, 2.75) is 53.6 Å². The molecule has 0 aliphatic carbocycles. The van der Waals surface area contributed by atoms with Gasteiger partial charge < -0.3 is 10.6 Å². The van der Waals surface area contributed by atoms with Crippen molar-refractivity contribution in [3.63, 3.8) is 0 Å². The Morgan fingerprint density at radius 2 is 2.04 bits per heavy atom. The van der Waals surface area contributed by atoms with Crippen LogP contribution in [0.4, 0.5) is 4.39 Å². The maximum atomic E-state index is 13.7. The van der Waals surface area contributed by atoms with E-state index in [0.29, 0.717) is 12.1 Å². The minimum absolute atomic E-state index is 0.188. The number of guanidine groups is 1. The van der Waals surface area contributed by atoms with Gasteiger partial charge in [0.05, 0.1) is 12.2 Å². The fraction of sp³-hybridized carbons (Fsp3) is 0.500. The summed E-state index contributed by atoms with van der Waals surface area (Å²) >= 11 is 0. The van der Waals surface area contributed by atoms with Gasteiger partial charge in [0.1, 0.15) is 5.82 Å². The number of hydrogen-bond acceptors (Lipinski definition) is 2. The molecule has 0 saturated carbocycles. The minimum Gasteiger partial charge on any atom is -0.357 e. The summed E-state index contributed by atoms with van der Waals surface area (Å²) in [5.41, 5.74) is 5.03. The van der Waals surface area contributed by atoms with Crippen LogP contribution in [0.5, 0.6) is 0 Å². The maximum Gasteiger partial charge on any atom is 0.191 e. The molecule has 1 aromatic carbocycles. The fourth-order valence-electron chi connectivity index (χ4n) is 2.93. The minimum atomic E-state index is -0.188. The quantitative estimate of drug-likeness (QED) is 0.615. The highest BCUT2D eigenvalue weighted by atomic mass is 19.1. The Morgan fingerprint density at radius 1 is 1.31 bits per heavy atom. The van der Waals surface area contributed by atoms with Crippen LogP contribution in [0, 0.1) is 26.6 Å². The van der Waals surface area contributed by atoms with Crippen molar-refractivity contribution in [2.24, 2.45) is 12.0 Å². The van der Waals surface area contributed by atoms with Gasteiger partial charge in [-0.05, 0) is 63.8 Å². The molecule has 5 nitrogen and oxygen atoms in total. The average Bonchev–Trinajstić information content (AvgIpc) is 2.82. The van der Waals surface area contributed by atoms with Gasteiger partial charge in [-0.15, -0.1) is 0 Å². The Bertz CT molecular complexity index is 779. The molecule has 0 saturated heterocycles. The van der Waals surface area contributed by atoms with Gasteiger partial charge in [0.2, 0.25) is 0 Å². The molecule has 2 aromatic rings. The Labute approximate surface area is 155 Å². The third-order valence-electron chi connectivity index (χ3n) is 4.55. The number of nitrogens with one attached hydrogen (secondary N) is 2. The van der Waals surface area contributed by atoms with Crippen molar-refractivity contribution >= 4 is 5.96 Å². The van der Waals surface area contributed by atoms with Crippen molar-refractivity contribution in [2.75, 3.05) is 6.54 Å². The van der Waals surface area contributed by atoms with Crippen LogP contribution in [-0.2, 0) is 20.0 Å². The van der Waals surface area contributed by atoms with Gasteiger partial charge >= 0.3 is 0 Å². The molecule has 0 bridgehead atoms.